The average molecular weight is 281 g/mol. The van der Waals surface area contributed by atoms with Gasteiger partial charge in [-0.2, -0.15) is 13.2 Å². The first-order valence-corrected chi connectivity index (χ1v) is 6.06. The van der Waals surface area contributed by atoms with Gasteiger partial charge in [0.05, 0.1) is 0 Å². The van der Waals surface area contributed by atoms with Crippen molar-refractivity contribution in [2.24, 2.45) is 5.73 Å². The minimum absolute atomic E-state index is 0.0181. The van der Waals surface area contributed by atoms with Crippen LogP contribution in [0.25, 0.3) is 0 Å². The zero-order valence-corrected chi connectivity index (χ0v) is 10.6. The SMILES string of the molecule is N[C@@H](c1ccc(OCc2ccccc2)cc1)C(F)(F)F. The van der Waals surface area contributed by atoms with Crippen molar-refractivity contribution >= 4 is 0 Å². The second-order valence-electron chi connectivity index (χ2n) is 4.36. The molecule has 0 aromatic heterocycles. The summed E-state index contributed by atoms with van der Waals surface area (Å²) in [5.41, 5.74) is 6.13. The number of rotatable bonds is 4. The first-order valence-electron chi connectivity index (χ1n) is 6.06. The molecule has 0 aliphatic rings. The van der Waals surface area contributed by atoms with Gasteiger partial charge in [0, 0.05) is 0 Å². The minimum Gasteiger partial charge on any atom is -0.489 e. The van der Waals surface area contributed by atoms with Gasteiger partial charge in [-0.1, -0.05) is 42.5 Å². The first kappa shape index (κ1) is 14.4. The Balaban J connectivity index is 1.98. The standard InChI is InChI=1S/C15H14F3NO/c16-15(17,18)14(19)12-6-8-13(9-7-12)20-10-11-4-2-1-3-5-11/h1-9,14H,10,19H2/t14-/m0/s1. The van der Waals surface area contributed by atoms with Crippen molar-refractivity contribution in [2.75, 3.05) is 0 Å². The fraction of sp³-hybridized carbons (Fsp3) is 0.200. The van der Waals surface area contributed by atoms with E-state index in [1.807, 2.05) is 30.3 Å². The molecule has 0 aliphatic heterocycles. The molecule has 0 amide bonds. The lowest BCUT2D eigenvalue weighted by molar-refractivity contribution is -0.149. The molecule has 2 N–H and O–H groups in total. The number of hydrogen-bond donors (Lipinski definition) is 1. The third-order valence-electron chi connectivity index (χ3n) is 2.84. The van der Waals surface area contributed by atoms with Crippen molar-refractivity contribution in [1.29, 1.82) is 0 Å². The van der Waals surface area contributed by atoms with Crippen LogP contribution in [0.2, 0.25) is 0 Å². The highest BCUT2D eigenvalue weighted by Crippen LogP contribution is 2.31. The van der Waals surface area contributed by atoms with Crippen LogP contribution in [0, 0.1) is 0 Å². The van der Waals surface area contributed by atoms with Crippen LogP contribution in [0.5, 0.6) is 5.75 Å². The molecule has 0 spiro atoms. The van der Waals surface area contributed by atoms with Gasteiger partial charge in [-0.3, -0.25) is 0 Å². The highest BCUT2D eigenvalue weighted by Gasteiger charge is 2.37. The molecule has 0 fully saturated rings. The van der Waals surface area contributed by atoms with E-state index in [0.717, 1.165) is 5.56 Å². The Morgan fingerprint density at radius 1 is 0.950 bits per heavy atom. The van der Waals surface area contributed by atoms with E-state index >= 15 is 0 Å². The molecule has 0 aliphatic carbocycles. The van der Waals surface area contributed by atoms with E-state index in [1.165, 1.54) is 24.3 Å². The maximum Gasteiger partial charge on any atom is 0.407 e. The lowest BCUT2D eigenvalue weighted by Gasteiger charge is -2.16. The lowest BCUT2D eigenvalue weighted by Crippen LogP contribution is -2.28. The van der Waals surface area contributed by atoms with E-state index in [0.29, 0.717) is 12.4 Å². The smallest absolute Gasteiger partial charge is 0.407 e. The third kappa shape index (κ3) is 3.74. The van der Waals surface area contributed by atoms with E-state index in [9.17, 15) is 13.2 Å². The summed E-state index contributed by atoms with van der Waals surface area (Å²) in [5.74, 6) is 0.506. The van der Waals surface area contributed by atoms with E-state index in [1.54, 1.807) is 0 Å². The van der Waals surface area contributed by atoms with Crippen LogP contribution in [0.3, 0.4) is 0 Å². The first-order chi connectivity index (χ1) is 9.47. The zero-order chi connectivity index (χ0) is 14.6. The number of ether oxygens (including phenoxy) is 1. The van der Waals surface area contributed by atoms with Gasteiger partial charge < -0.3 is 10.5 Å². The maximum atomic E-state index is 12.4. The lowest BCUT2D eigenvalue weighted by atomic mass is 10.1. The summed E-state index contributed by atoms with van der Waals surface area (Å²) in [6, 6.07) is 13.2. The van der Waals surface area contributed by atoms with Crippen LogP contribution in [0.15, 0.2) is 54.6 Å². The Kier molecular flexibility index (Phi) is 4.29. The van der Waals surface area contributed by atoms with Crippen LogP contribution in [0.1, 0.15) is 17.2 Å². The molecule has 5 heteroatoms. The highest BCUT2D eigenvalue weighted by atomic mass is 19.4. The topological polar surface area (TPSA) is 35.2 Å². The molecule has 2 rings (SSSR count). The van der Waals surface area contributed by atoms with Crippen molar-refractivity contribution in [3.05, 3.63) is 65.7 Å². The van der Waals surface area contributed by atoms with Crippen LogP contribution in [-0.4, -0.2) is 6.18 Å². The fourth-order valence-electron chi connectivity index (χ4n) is 1.70. The minimum atomic E-state index is -4.44. The number of hydrogen-bond acceptors (Lipinski definition) is 2. The van der Waals surface area contributed by atoms with Gasteiger partial charge >= 0.3 is 6.18 Å². The number of alkyl halides is 3. The molecule has 0 unspecified atom stereocenters. The van der Waals surface area contributed by atoms with Gasteiger partial charge in [0.15, 0.2) is 0 Å². The normalized spacial score (nSPS) is 13.0. The van der Waals surface area contributed by atoms with E-state index in [4.69, 9.17) is 10.5 Å². The maximum absolute atomic E-state index is 12.4. The van der Waals surface area contributed by atoms with Crippen molar-refractivity contribution < 1.29 is 17.9 Å². The molecular formula is C15H14F3NO. The summed E-state index contributed by atoms with van der Waals surface area (Å²) in [4.78, 5) is 0. The second kappa shape index (κ2) is 5.96. The van der Waals surface area contributed by atoms with Gasteiger partial charge in [-0.15, -0.1) is 0 Å². The van der Waals surface area contributed by atoms with Crippen molar-refractivity contribution in [3.63, 3.8) is 0 Å². The number of benzene rings is 2. The van der Waals surface area contributed by atoms with Crippen LogP contribution >= 0.6 is 0 Å². The molecule has 0 bridgehead atoms. The number of halogens is 3. The summed E-state index contributed by atoms with van der Waals surface area (Å²) < 4.78 is 42.8. The summed E-state index contributed by atoms with van der Waals surface area (Å²) in [6.07, 6.45) is -4.44. The molecule has 20 heavy (non-hydrogen) atoms. The highest BCUT2D eigenvalue weighted by molar-refractivity contribution is 5.30. The molecular weight excluding hydrogens is 267 g/mol. The summed E-state index contributed by atoms with van der Waals surface area (Å²) in [7, 11) is 0. The van der Waals surface area contributed by atoms with Gasteiger partial charge in [0.1, 0.15) is 18.4 Å². The predicted molar refractivity (Wildman–Crippen MR) is 70.2 cm³/mol. The molecule has 1 atom stereocenters. The Morgan fingerprint density at radius 2 is 1.55 bits per heavy atom. The average Bonchev–Trinajstić information content (AvgIpc) is 2.45. The van der Waals surface area contributed by atoms with Gasteiger partial charge in [0.25, 0.3) is 0 Å². The third-order valence-corrected chi connectivity index (χ3v) is 2.84. The number of nitrogens with two attached hydrogens (primary N) is 1. The molecule has 2 nitrogen and oxygen atoms in total. The zero-order valence-electron chi connectivity index (χ0n) is 10.6. The largest absolute Gasteiger partial charge is 0.489 e. The van der Waals surface area contributed by atoms with Crippen LogP contribution in [0.4, 0.5) is 13.2 Å². The Labute approximate surface area is 115 Å². The molecule has 0 saturated carbocycles. The Hall–Kier alpha value is -2.01. The predicted octanol–water partition coefficient (Wildman–Crippen LogP) is 3.83. The van der Waals surface area contributed by atoms with Gasteiger partial charge in [0.2, 0.25) is 0 Å². The Morgan fingerprint density at radius 3 is 2.10 bits per heavy atom. The van der Waals surface area contributed by atoms with E-state index < -0.39 is 12.2 Å². The van der Waals surface area contributed by atoms with Gasteiger partial charge in [-0.25, -0.2) is 0 Å². The van der Waals surface area contributed by atoms with Gasteiger partial charge in [-0.05, 0) is 23.3 Å². The Bertz CT molecular complexity index is 537. The van der Waals surface area contributed by atoms with E-state index in [-0.39, 0.29) is 5.56 Å². The molecule has 0 heterocycles. The molecule has 0 saturated heterocycles. The van der Waals surface area contributed by atoms with Crippen molar-refractivity contribution in [2.45, 2.75) is 18.8 Å². The molecule has 2 aromatic carbocycles. The second-order valence-corrected chi connectivity index (χ2v) is 4.36. The molecule has 106 valence electrons. The summed E-state index contributed by atoms with van der Waals surface area (Å²) in [5, 5.41) is 0. The van der Waals surface area contributed by atoms with E-state index in [2.05, 4.69) is 0 Å². The van der Waals surface area contributed by atoms with Crippen molar-refractivity contribution in [1.82, 2.24) is 0 Å². The molecule has 2 aromatic rings. The van der Waals surface area contributed by atoms with Crippen LogP contribution < -0.4 is 10.5 Å². The molecule has 0 radical (unpaired) electrons. The van der Waals surface area contributed by atoms with Crippen molar-refractivity contribution in [3.8, 4) is 5.75 Å². The summed E-state index contributed by atoms with van der Waals surface area (Å²) >= 11 is 0. The fourth-order valence-corrected chi connectivity index (χ4v) is 1.70. The summed E-state index contributed by atoms with van der Waals surface area (Å²) in [6.45, 7) is 0.367. The quantitative estimate of drug-likeness (QED) is 0.924. The monoisotopic (exact) mass is 281 g/mol. The van der Waals surface area contributed by atoms with Crippen LogP contribution in [-0.2, 0) is 6.61 Å².